The number of hydrogen-bond acceptors (Lipinski definition) is 3. The van der Waals surface area contributed by atoms with Gasteiger partial charge >= 0.3 is 5.97 Å². The molecule has 1 rings (SSSR count). The van der Waals surface area contributed by atoms with Crippen LogP contribution in [0.4, 0.5) is 0 Å². The van der Waals surface area contributed by atoms with Gasteiger partial charge in [-0.3, -0.25) is 0 Å². The number of rotatable bonds is 4. The SMILES string of the molecule is C=C(/C=C(C(=O)OC)\C(C#N)=C/C)C1CCCCC1. The van der Waals surface area contributed by atoms with Crippen molar-refractivity contribution < 1.29 is 9.53 Å². The van der Waals surface area contributed by atoms with Crippen molar-refractivity contribution in [3.05, 3.63) is 35.5 Å². The quantitative estimate of drug-likeness (QED) is 0.335. The second-order valence-corrected chi connectivity index (χ2v) is 4.77. The monoisotopic (exact) mass is 259 g/mol. The Labute approximate surface area is 115 Å². The van der Waals surface area contributed by atoms with Crippen molar-refractivity contribution in [2.75, 3.05) is 7.11 Å². The summed E-state index contributed by atoms with van der Waals surface area (Å²) in [6.45, 7) is 5.80. The van der Waals surface area contributed by atoms with Crippen LogP contribution in [0, 0.1) is 17.2 Å². The van der Waals surface area contributed by atoms with E-state index in [2.05, 4.69) is 6.58 Å². The summed E-state index contributed by atoms with van der Waals surface area (Å²) in [4.78, 5) is 11.8. The Morgan fingerprint density at radius 1 is 1.37 bits per heavy atom. The summed E-state index contributed by atoms with van der Waals surface area (Å²) in [5, 5.41) is 9.07. The van der Waals surface area contributed by atoms with Gasteiger partial charge in [0.25, 0.3) is 0 Å². The van der Waals surface area contributed by atoms with Gasteiger partial charge in [-0.2, -0.15) is 5.26 Å². The Bertz CT molecular complexity index is 446. The van der Waals surface area contributed by atoms with E-state index in [1.165, 1.54) is 26.4 Å². The van der Waals surface area contributed by atoms with Gasteiger partial charge in [0.2, 0.25) is 0 Å². The maximum atomic E-state index is 11.8. The highest BCUT2D eigenvalue weighted by molar-refractivity contribution is 5.95. The Hall–Kier alpha value is -1.82. The Morgan fingerprint density at radius 3 is 2.47 bits per heavy atom. The van der Waals surface area contributed by atoms with E-state index in [0.29, 0.717) is 17.1 Å². The minimum atomic E-state index is -0.480. The van der Waals surface area contributed by atoms with E-state index in [9.17, 15) is 4.79 Å². The fraction of sp³-hybridized carbons (Fsp3) is 0.500. The van der Waals surface area contributed by atoms with Crippen LogP contribution in [0.25, 0.3) is 0 Å². The van der Waals surface area contributed by atoms with E-state index < -0.39 is 5.97 Å². The number of methoxy groups -OCH3 is 1. The Morgan fingerprint density at radius 2 is 2.00 bits per heavy atom. The molecule has 0 heterocycles. The molecule has 0 aromatic rings. The van der Waals surface area contributed by atoms with Crippen LogP contribution >= 0.6 is 0 Å². The van der Waals surface area contributed by atoms with Crippen LogP contribution < -0.4 is 0 Å². The summed E-state index contributed by atoms with van der Waals surface area (Å²) in [6, 6.07) is 2.03. The third-order valence-electron chi connectivity index (χ3n) is 3.56. The highest BCUT2D eigenvalue weighted by Crippen LogP contribution is 2.30. The molecule has 0 spiro atoms. The summed E-state index contributed by atoms with van der Waals surface area (Å²) in [5.41, 5.74) is 1.57. The maximum Gasteiger partial charge on any atom is 0.339 e. The predicted octanol–water partition coefficient (Wildman–Crippen LogP) is 3.69. The van der Waals surface area contributed by atoms with Crippen LogP contribution in [0.1, 0.15) is 39.0 Å². The smallest absolute Gasteiger partial charge is 0.339 e. The average molecular weight is 259 g/mol. The molecule has 0 N–H and O–H groups in total. The zero-order chi connectivity index (χ0) is 14.3. The molecule has 0 aromatic heterocycles. The van der Waals surface area contributed by atoms with Gasteiger partial charge in [-0.25, -0.2) is 4.79 Å². The van der Waals surface area contributed by atoms with E-state index in [4.69, 9.17) is 10.00 Å². The number of nitrogens with zero attached hydrogens (tertiary/aromatic N) is 1. The molecule has 3 nitrogen and oxygen atoms in total. The molecule has 0 atom stereocenters. The molecule has 0 saturated heterocycles. The van der Waals surface area contributed by atoms with E-state index in [-0.39, 0.29) is 0 Å². The van der Waals surface area contributed by atoms with Gasteiger partial charge in [-0.1, -0.05) is 37.5 Å². The molecule has 0 unspecified atom stereocenters. The summed E-state index contributed by atoms with van der Waals surface area (Å²) >= 11 is 0. The summed E-state index contributed by atoms with van der Waals surface area (Å²) in [5.74, 6) is -0.0585. The molecule has 1 fully saturated rings. The Balaban J connectivity index is 2.96. The van der Waals surface area contributed by atoms with Crippen molar-refractivity contribution in [3.63, 3.8) is 0 Å². The van der Waals surface area contributed by atoms with E-state index in [1.807, 2.05) is 6.07 Å². The standard InChI is InChI=1S/C16H21NO2/c1-4-13(11-17)15(16(18)19-3)10-12(2)14-8-6-5-7-9-14/h4,10,14H,2,5-9H2,1,3H3/b13-4-,15-10+. The zero-order valence-electron chi connectivity index (χ0n) is 11.7. The third-order valence-corrected chi connectivity index (χ3v) is 3.56. The second-order valence-electron chi connectivity index (χ2n) is 4.77. The van der Waals surface area contributed by atoms with Crippen LogP contribution in [0.5, 0.6) is 0 Å². The second kappa shape index (κ2) is 7.58. The number of hydrogen-bond donors (Lipinski definition) is 0. The van der Waals surface area contributed by atoms with Crippen LogP contribution in [0.3, 0.4) is 0 Å². The zero-order valence-corrected chi connectivity index (χ0v) is 11.7. The molecular formula is C16H21NO2. The number of esters is 1. The lowest BCUT2D eigenvalue weighted by molar-refractivity contribution is -0.135. The lowest BCUT2D eigenvalue weighted by Crippen LogP contribution is -2.11. The van der Waals surface area contributed by atoms with Gasteiger partial charge in [0.1, 0.15) is 0 Å². The largest absolute Gasteiger partial charge is 0.465 e. The fourth-order valence-electron chi connectivity index (χ4n) is 2.41. The topological polar surface area (TPSA) is 50.1 Å². The lowest BCUT2D eigenvalue weighted by atomic mass is 9.83. The molecule has 1 aliphatic rings. The third kappa shape index (κ3) is 4.10. The Kier molecular flexibility index (Phi) is 6.08. The van der Waals surface area contributed by atoms with Crippen LogP contribution in [-0.4, -0.2) is 13.1 Å². The number of ether oxygens (including phenoxy) is 1. The molecule has 0 radical (unpaired) electrons. The minimum absolute atomic E-state index is 0.308. The van der Waals surface area contributed by atoms with E-state index in [0.717, 1.165) is 18.4 Å². The fourth-order valence-corrected chi connectivity index (χ4v) is 2.41. The van der Waals surface area contributed by atoms with Gasteiger partial charge in [0, 0.05) is 0 Å². The average Bonchev–Trinajstić information content (AvgIpc) is 2.47. The van der Waals surface area contributed by atoms with Crippen molar-refractivity contribution in [3.8, 4) is 6.07 Å². The van der Waals surface area contributed by atoms with Gasteiger partial charge in [-0.05, 0) is 31.8 Å². The van der Waals surface area contributed by atoms with Crippen LogP contribution in [-0.2, 0) is 9.53 Å². The number of nitriles is 1. The summed E-state index contributed by atoms with van der Waals surface area (Å²) in [7, 11) is 1.32. The van der Waals surface area contributed by atoms with Crippen molar-refractivity contribution >= 4 is 5.97 Å². The van der Waals surface area contributed by atoms with Gasteiger partial charge in [0.05, 0.1) is 24.3 Å². The van der Waals surface area contributed by atoms with E-state index >= 15 is 0 Å². The molecule has 0 aromatic carbocycles. The molecule has 19 heavy (non-hydrogen) atoms. The van der Waals surface area contributed by atoms with E-state index in [1.54, 1.807) is 19.1 Å². The van der Waals surface area contributed by atoms with Crippen LogP contribution in [0.2, 0.25) is 0 Å². The molecule has 0 amide bonds. The number of allylic oxidation sites excluding steroid dienone is 3. The highest BCUT2D eigenvalue weighted by atomic mass is 16.5. The first kappa shape index (κ1) is 15.2. The predicted molar refractivity (Wildman–Crippen MR) is 75.2 cm³/mol. The number of carbonyl (C=O) groups excluding carboxylic acids is 1. The molecule has 1 aliphatic carbocycles. The maximum absolute atomic E-state index is 11.8. The van der Waals surface area contributed by atoms with Gasteiger partial charge < -0.3 is 4.74 Å². The summed E-state index contributed by atoms with van der Waals surface area (Å²) in [6.07, 6.45) is 9.26. The minimum Gasteiger partial charge on any atom is -0.465 e. The molecule has 0 aliphatic heterocycles. The van der Waals surface area contributed by atoms with Crippen molar-refractivity contribution in [1.82, 2.24) is 0 Å². The summed E-state index contributed by atoms with van der Waals surface area (Å²) < 4.78 is 4.74. The molecule has 0 bridgehead atoms. The first-order valence-corrected chi connectivity index (χ1v) is 6.69. The normalized spacial score (nSPS) is 17.7. The lowest BCUT2D eigenvalue weighted by Gasteiger charge is -2.22. The van der Waals surface area contributed by atoms with Crippen LogP contribution in [0.15, 0.2) is 35.5 Å². The highest BCUT2D eigenvalue weighted by Gasteiger charge is 2.19. The molecular weight excluding hydrogens is 238 g/mol. The van der Waals surface area contributed by atoms with Crippen molar-refractivity contribution in [2.24, 2.45) is 5.92 Å². The van der Waals surface area contributed by atoms with Gasteiger partial charge in [-0.15, -0.1) is 0 Å². The van der Waals surface area contributed by atoms with Gasteiger partial charge in [0.15, 0.2) is 0 Å². The van der Waals surface area contributed by atoms with Crippen molar-refractivity contribution in [1.29, 1.82) is 5.26 Å². The number of carbonyl (C=O) groups is 1. The van der Waals surface area contributed by atoms with Crippen molar-refractivity contribution in [2.45, 2.75) is 39.0 Å². The molecule has 3 heteroatoms. The first-order valence-electron chi connectivity index (χ1n) is 6.69. The molecule has 1 saturated carbocycles. The first-order chi connectivity index (χ1) is 9.13. The molecule has 102 valence electrons.